The van der Waals surface area contributed by atoms with Gasteiger partial charge in [-0.2, -0.15) is 0 Å². The molecule has 34 heavy (non-hydrogen) atoms. The Bertz CT molecular complexity index is 884. The topological polar surface area (TPSA) is 63.6 Å². The third-order valence-corrected chi connectivity index (χ3v) is 9.96. The minimum absolute atomic E-state index is 0.0199. The van der Waals surface area contributed by atoms with Crippen molar-refractivity contribution in [3.8, 4) is 0 Å². The van der Waals surface area contributed by atoms with Crippen molar-refractivity contribution >= 4 is 23.4 Å². The molecule has 0 bridgehead atoms. The molecule has 4 aliphatic rings. The van der Waals surface area contributed by atoms with Crippen LogP contribution in [-0.4, -0.2) is 35.2 Å². The lowest BCUT2D eigenvalue weighted by molar-refractivity contribution is -0.175. The number of carbonyl (C=O) groups is 2. The molecule has 6 heteroatoms. The van der Waals surface area contributed by atoms with E-state index in [0.717, 1.165) is 25.7 Å². The van der Waals surface area contributed by atoms with Crippen molar-refractivity contribution in [1.82, 2.24) is 0 Å². The summed E-state index contributed by atoms with van der Waals surface area (Å²) >= 11 is 6.36. The Kier molecular flexibility index (Phi) is 7.37. The molecule has 4 aliphatic carbocycles. The Morgan fingerprint density at radius 3 is 2.65 bits per heavy atom. The first-order chi connectivity index (χ1) is 16.1. The van der Waals surface area contributed by atoms with Crippen molar-refractivity contribution in [3.05, 3.63) is 22.8 Å². The van der Waals surface area contributed by atoms with E-state index in [9.17, 15) is 14.7 Å². The molecular formula is C28H40ClFO4. The van der Waals surface area contributed by atoms with Gasteiger partial charge in [0.15, 0.2) is 5.78 Å². The fraction of sp³-hybridized carbons (Fsp3) is 0.786. The zero-order valence-corrected chi connectivity index (χ0v) is 21.7. The fourth-order valence-electron chi connectivity index (χ4n) is 8.42. The lowest BCUT2D eigenvalue weighted by Gasteiger charge is -2.60. The van der Waals surface area contributed by atoms with Gasteiger partial charge in [0, 0.05) is 23.7 Å². The van der Waals surface area contributed by atoms with Crippen molar-refractivity contribution in [2.45, 2.75) is 104 Å². The first kappa shape index (κ1) is 25.9. The van der Waals surface area contributed by atoms with Gasteiger partial charge in [-0.1, -0.05) is 70.6 Å². The van der Waals surface area contributed by atoms with E-state index < -0.39 is 17.7 Å². The molecule has 0 heterocycles. The summed E-state index contributed by atoms with van der Waals surface area (Å²) in [5, 5.41) is 11.7. The molecule has 0 aromatic rings. The van der Waals surface area contributed by atoms with Crippen LogP contribution in [0.2, 0.25) is 0 Å². The molecule has 0 spiro atoms. The number of esters is 1. The molecule has 1 N–H and O–H groups in total. The van der Waals surface area contributed by atoms with E-state index in [1.54, 1.807) is 6.08 Å². The average Bonchev–Trinajstić information content (AvgIpc) is 3.02. The maximum atomic E-state index is 15.8. The lowest BCUT2D eigenvalue weighted by Crippen LogP contribution is -2.59. The number of carbonyl (C=O) groups excluding carboxylic acids is 2. The summed E-state index contributed by atoms with van der Waals surface area (Å²) in [5.41, 5.74) is -0.785. The lowest BCUT2D eigenvalue weighted by atomic mass is 9.46. The third-order valence-electron chi connectivity index (χ3n) is 9.57. The van der Waals surface area contributed by atoms with Crippen LogP contribution in [0.4, 0.5) is 4.39 Å². The number of unbranched alkanes of at least 4 members (excludes halogenated alkanes) is 4. The van der Waals surface area contributed by atoms with E-state index >= 15 is 4.39 Å². The number of aliphatic hydroxyl groups excluding tert-OH is 1. The molecule has 0 aromatic heterocycles. The molecule has 3 fully saturated rings. The average molecular weight is 495 g/mol. The summed E-state index contributed by atoms with van der Waals surface area (Å²) in [6, 6.07) is 0. The summed E-state index contributed by atoms with van der Waals surface area (Å²) in [5.74, 6) is -0.601. The highest BCUT2D eigenvalue weighted by Gasteiger charge is 2.67. The maximum absolute atomic E-state index is 15.8. The summed E-state index contributed by atoms with van der Waals surface area (Å²) in [6.07, 6.45) is 9.20. The van der Waals surface area contributed by atoms with Gasteiger partial charge in [0.2, 0.25) is 0 Å². The minimum Gasteiger partial charge on any atom is -0.462 e. The molecule has 4 rings (SSSR count). The monoisotopic (exact) mass is 494 g/mol. The number of alkyl halides is 1. The van der Waals surface area contributed by atoms with Gasteiger partial charge in [-0.3, -0.25) is 9.59 Å². The van der Waals surface area contributed by atoms with E-state index in [1.807, 2.05) is 6.92 Å². The quantitative estimate of drug-likeness (QED) is 0.333. The predicted octanol–water partition coefficient (Wildman–Crippen LogP) is 6.30. The second kappa shape index (κ2) is 9.69. The van der Waals surface area contributed by atoms with Crippen LogP contribution in [0.3, 0.4) is 0 Å². The number of aliphatic hydroxyl groups is 1. The molecule has 3 saturated carbocycles. The molecular weight excluding hydrogens is 455 g/mol. The number of fused-ring (bicyclic) bond motifs is 5. The maximum Gasteiger partial charge on any atom is 0.302 e. The van der Waals surface area contributed by atoms with Gasteiger partial charge >= 0.3 is 5.97 Å². The Morgan fingerprint density at radius 2 is 1.97 bits per heavy atom. The first-order valence-corrected chi connectivity index (χ1v) is 13.6. The smallest absolute Gasteiger partial charge is 0.302 e. The van der Waals surface area contributed by atoms with E-state index in [2.05, 4.69) is 13.8 Å². The van der Waals surface area contributed by atoms with Crippen LogP contribution in [0, 0.1) is 34.5 Å². The SMILES string of the molecule is CCCCCCC[C@]12C[C@H](O)[C@H]3[C@@H](C[C@H](F)C4=C(Cl)C(=O)C=C[C@@]43C)[C@@H]1C[C@@H](C)[C@H]2OC(C)=O. The van der Waals surface area contributed by atoms with Crippen molar-refractivity contribution in [3.63, 3.8) is 0 Å². The number of rotatable bonds is 7. The van der Waals surface area contributed by atoms with Crippen LogP contribution >= 0.6 is 11.6 Å². The highest BCUT2D eigenvalue weighted by atomic mass is 35.5. The number of allylic oxidation sites excluding steroid dienone is 4. The van der Waals surface area contributed by atoms with Crippen LogP contribution in [0.15, 0.2) is 22.8 Å². The Hall–Kier alpha value is -1.20. The molecule has 0 radical (unpaired) electrons. The molecule has 0 unspecified atom stereocenters. The van der Waals surface area contributed by atoms with Crippen LogP contribution in [0.25, 0.3) is 0 Å². The van der Waals surface area contributed by atoms with Gasteiger partial charge in [-0.25, -0.2) is 4.39 Å². The second-order valence-electron chi connectivity index (χ2n) is 11.6. The molecule has 0 amide bonds. The summed E-state index contributed by atoms with van der Waals surface area (Å²) in [4.78, 5) is 24.3. The normalized spacial score (nSPS) is 43.4. The highest BCUT2D eigenvalue weighted by Crippen LogP contribution is 2.68. The van der Waals surface area contributed by atoms with Crippen molar-refractivity contribution in [2.24, 2.45) is 34.5 Å². The molecule has 0 aromatic carbocycles. The van der Waals surface area contributed by atoms with Gasteiger partial charge in [0.05, 0.1) is 11.1 Å². The molecule has 0 aliphatic heterocycles. The molecule has 190 valence electrons. The third kappa shape index (κ3) is 4.09. The minimum atomic E-state index is -1.32. The van der Waals surface area contributed by atoms with Crippen LogP contribution in [-0.2, 0) is 14.3 Å². The number of hydrogen-bond donors (Lipinski definition) is 1. The summed E-state index contributed by atoms with van der Waals surface area (Å²) < 4.78 is 21.7. The summed E-state index contributed by atoms with van der Waals surface area (Å²) in [7, 11) is 0. The van der Waals surface area contributed by atoms with Gasteiger partial charge in [-0.15, -0.1) is 0 Å². The van der Waals surface area contributed by atoms with E-state index in [0.29, 0.717) is 12.0 Å². The number of ether oxygens (including phenoxy) is 1. The van der Waals surface area contributed by atoms with Crippen LogP contribution in [0.5, 0.6) is 0 Å². The Morgan fingerprint density at radius 1 is 1.26 bits per heavy atom. The van der Waals surface area contributed by atoms with Crippen LogP contribution < -0.4 is 0 Å². The molecule has 4 nitrogen and oxygen atoms in total. The fourth-order valence-corrected chi connectivity index (χ4v) is 8.80. The largest absolute Gasteiger partial charge is 0.462 e. The zero-order valence-electron chi connectivity index (χ0n) is 21.0. The predicted molar refractivity (Wildman–Crippen MR) is 131 cm³/mol. The van der Waals surface area contributed by atoms with Crippen LogP contribution in [0.1, 0.15) is 85.5 Å². The first-order valence-electron chi connectivity index (χ1n) is 13.2. The van der Waals surface area contributed by atoms with E-state index in [-0.39, 0.29) is 58.4 Å². The Labute approximate surface area is 208 Å². The van der Waals surface area contributed by atoms with Crippen molar-refractivity contribution in [1.29, 1.82) is 0 Å². The second-order valence-corrected chi connectivity index (χ2v) is 12.0. The van der Waals surface area contributed by atoms with Gasteiger partial charge < -0.3 is 9.84 Å². The van der Waals surface area contributed by atoms with Gasteiger partial charge in [0.1, 0.15) is 12.3 Å². The van der Waals surface area contributed by atoms with Crippen molar-refractivity contribution in [2.75, 3.05) is 0 Å². The van der Waals surface area contributed by atoms with Crippen molar-refractivity contribution < 1.29 is 23.8 Å². The number of halogens is 2. The number of hydrogen-bond acceptors (Lipinski definition) is 4. The summed E-state index contributed by atoms with van der Waals surface area (Å²) in [6.45, 7) is 7.71. The Balaban J connectivity index is 1.71. The zero-order chi connectivity index (χ0) is 24.8. The molecule has 0 saturated heterocycles. The molecule has 9 atom stereocenters. The van der Waals surface area contributed by atoms with E-state index in [1.165, 1.54) is 32.3 Å². The van der Waals surface area contributed by atoms with E-state index in [4.69, 9.17) is 16.3 Å². The standard InChI is InChI=1S/C28H40ClFO4/c1-5-6-7-8-9-11-28-15-22(33)23-18(19(28)13-16(2)26(28)34-17(3)31)14-20(30)24-25(29)21(32)10-12-27(23,24)4/h10,12,16,18-20,22-23,26,33H,5-9,11,13-15H2,1-4H3/t16-,18+,19+,20+,22+,23-,26-,27-,28+/m1/s1. The van der Waals surface area contributed by atoms with Gasteiger partial charge in [0.25, 0.3) is 0 Å². The number of ketones is 1. The highest BCUT2D eigenvalue weighted by molar-refractivity contribution is 6.45. The van der Waals surface area contributed by atoms with Gasteiger partial charge in [-0.05, 0) is 55.1 Å².